The summed E-state index contributed by atoms with van der Waals surface area (Å²) in [6.45, 7) is 1.76. The largest absolute Gasteiger partial charge is 0.490 e. The highest BCUT2D eigenvalue weighted by Crippen LogP contribution is 2.23. The van der Waals surface area contributed by atoms with Gasteiger partial charge in [0.2, 0.25) is 0 Å². The zero-order valence-corrected chi connectivity index (χ0v) is 15.5. The van der Waals surface area contributed by atoms with Gasteiger partial charge in [-0.1, -0.05) is 24.3 Å². The number of hydrogen-bond donors (Lipinski definition) is 1. The fourth-order valence-corrected chi connectivity index (χ4v) is 3.55. The molecule has 6 heteroatoms. The molecular weight excluding hydrogens is 357 g/mol. The van der Waals surface area contributed by atoms with E-state index in [1.807, 2.05) is 35.2 Å². The predicted molar refractivity (Wildman–Crippen MR) is 105 cm³/mol. The van der Waals surface area contributed by atoms with E-state index in [0.717, 1.165) is 30.6 Å². The van der Waals surface area contributed by atoms with Crippen LogP contribution in [0.3, 0.4) is 0 Å². The highest BCUT2D eigenvalue weighted by molar-refractivity contribution is 5.94. The van der Waals surface area contributed by atoms with E-state index >= 15 is 0 Å². The van der Waals surface area contributed by atoms with Crippen LogP contribution in [0.15, 0.2) is 60.8 Å². The van der Waals surface area contributed by atoms with Crippen LogP contribution < -0.4 is 4.74 Å². The Morgan fingerprint density at radius 2 is 2.00 bits per heavy atom. The summed E-state index contributed by atoms with van der Waals surface area (Å²) in [5.41, 5.74) is 2.57. The second kappa shape index (κ2) is 8.25. The highest BCUT2D eigenvalue weighted by atomic mass is 19.1. The summed E-state index contributed by atoms with van der Waals surface area (Å²) in [6, 6.07) is 15.8. The lowest BCUT2D eigenvalue weighted by atomic mass is 9.98. The summed E-state index contributed by atoms with van der Waals surface area (Å²) in [6.07, 6.45) is 3.59. The average molecular weight is 379 g/mol. The average Bonchev–Trinajstić information content (AvgIpc) is 3.28. The van der Waals surface area contributed by atoms with Gasteiger partial charge in [-0.25, -0.2) is 4.39 Å². The molecular formula is C22H22FN3O2. The number of piperidine rings is 1. The Hall–Kier alpha value is -3.15. The van der Waals surface area contributed by atoms with Gasteiger partial charge in [-0.15, -0.1) is 0 Å². The van der Waals surface area contributed by atoms with Crippen LogP contribution in [-0.2, 0) is 0 Å². The molecule has 28 heavy (non-hydrogen) atoms. The van der Waals surface area contributed by atoms with Crippen molar-refractivity contribution < 1.29 is 13.9 Å². The Bertz CT molecular complexity index is 925. The van der Waals surface area contributed by atoms with Crippen molar-refractivity contribution in [1.29, 1.82) is 0 Å². The molecule has 0 bridgehead atoms. The number of aromatic nitrogens is 2. The van der Waals surface area contributed by atoms with Crippen molar-refractivity contribution in [3.63, 3.8) is 0 Å². The second-order valence-corrected chi connectivity index (χ2v) is 7.05. The van der Waals surface area contributed by atoms with Crippen molar-refractivity contribution in [3.05, 3.63) is 72.2 Å². The van der Waals surface area contributed by atoms with Gasteiger partial charge in [0.15, 0.2) is 11.6 Å². The molecule has 0 unspecified atom stereocenters. The lowest BCUT2D eigenvalue weighted by Gasteiger charge is -2.32. The third-order valence-electron chi connectivity index (χ3n) is 5.06. The van der Waals surface area contributed by atoms with Crippen LogP contribution in [0.25, 0.3) is 11.3 Å². The van der Waals surface area contributed by atoms with Gasteiger partial charge >= 0.3 is 0 Å². The number of carbonyl (C=O) groups is 1. The Kier molecular flexibility index (Phi) is 5.37. The van der Waals surface area contributed by atoms with Gasteiger partial charge in [0.25, 0.3) is 5.91 Å². The molecule has 1 aliphatic rings. The maximum Gasteiger partial charge on any atom is 0.253 e. The van der Waals surface area contributed by atoms with Crippen molar-refractivity contribution in [1.82, 2.24) is 15.1 Å². The molecule has 0 radical (unpaired) electrons. The van der Waals surface area contributed by atoms with Gasteiger partial charge in [0.1, 0.15) is 0 Å². The van der Waals surface area contributed by atoms with Crippen LogP contribution in [0.5, 0.6) is 5.75 Å². The first-order chi connectivity index (χ1) is 13.7. The van der Waals surface area contributed by atoms with Crippen LogP contribution in [0.4, 0.5) is 4.39 Å². The van der Waals surface area contributed by atoms with E-state index in [1.165, 1.54) is 6.07 Å². The summed E-state index contributed by atoms with van der Waals surface area (Å²) < 4.78 is 19.4. The maximum atomic E-state index is 13.7. The van der Waals surface area contributed by atoms with E-state index in [-0.39, 0.29) is 23.4 Å². The number of nitrogens with one attached hydrogen (secondary N) is 1. The van der Waals surface area contributed by atoms with Gasteiger partial charge in [-0.2, -0.15) is 5.10 Å². The first-order valence-corrected chi connectivity index (χ1v) is 9.47. The molecule has 2 heterocycles. The molecule has 1 N–H and O–H groups in total. The number of likely N-dealkylation sites (tertiary alicyclic amines) is 1. The fraction of sp³-hybridized carbons (Fsp3) is 0.273. The highest BCUT2D eigenvalue weighted by Gasteiger charge is 2.25. The van der Waals surface area contributed by atoms with E-state index in [1.54, 1.807) is 24.4 Å². The molecule has 5 nitrogen and oxygen atoms in total. The quantitative estimate of drug-likeness (QED) is 0.725. The Morgan fingerprint density at radius 3 is 2.75 bits per heavy atom. The molecule has 4 rings (SSSR count). The predicted octanol–water partition coefficient (Wildman–Crippen LogP) is 4.15. The number of halogens is 1. The number of aromatic amines is 1. The van der Waals surface area contributed by atoms with Gasteiger partial charge in [-0.05, 0) is 48.7 Å². The number of nitrogens with zero attached hydrogens (tertiary/aromatic N) is 2. The van der Waals surface area contributed by atoms with Crippen LogP contribution >= 0.6 is 0 Å². The molecule has 0 saturated carbocycles. The van der Waals surface area contributed by atoms with E-state index in [2.05, 4.69) is 10.2 Å². The van der Waals surface area contributed by atoms with Crippen molar-refractivity contribution in [3.8, 4) is 17.0 Å². The Labute approximate surface area is 163 Å². The molecule has 2 aromatic carbocycles. The van der Waals surface area contributed by atoms with Crippen molar-refractivity contribution in [2.24, 2.45) is 5.92 Å². The molecule has 1 saturated heterocycles. The van der Waals surface area contributed by atoms with Gasteiger partial charge in [0, 0.05) is 30.8 Å². The number of carbonyl (C=O) groups excluding carboxylic acids is 1. The number of rotatable bonds is 5. The SMILES string of the molecule is O=C(c1ccc(-c2ccn[nH]2)cc1)N1CCC[C@H](COc2ccccc2F)C1. The number of ether oxygens (including phenoxy) is 1. The number of H-pyrrole nitrogens is 1. The van der Waals surface area contributed by atoms with E-state index in [0.29, 0.717) is 18.7 Å². The van der Waals surface area contributed by atoms with Gasteiger partial charge in [-0.3, -0.25) is 9.89 Å². The molecule has 1 aliphatic heterocycles. The minimum absolute atomic E-state index is 0.0201. The monoisotopic (exact) mass is 379 g/mol. The summed E-state index contributed by atoms with van der Waals surface area (Å²) >= 11 is 0. The lowest BCUT2D eigenvalue weighted by molar-refractivity contribution is 0.0631. The van der Waals surface area contributed by atoms with E-state index < -0.39 is 0 Å². The molecule has 1 amide bonds. The molecule has 1 aromatic heterocycles. The number of benzene rings is 2. The molecule has 1 fully saturated rings. The zero-order chi connectivity index (χ0) is 19.3. The fourth-order valence-electron chi connectivity index (χ4n) is 3.55. The molecule has 1 atom stereocenters. The standard InChI is InChI=1S/C22H22FN3O2/c23-19-5-1-2-6-21(19)28-15-16-4-3-13-26(14-16)22(27)18-9-7-17(8-10-18)20-11-12-24-25-20/h1-2,5-12,16H,3-4,13-15H2,(H,24,25)/t16-/m0/s1. The van der Waals surface area contributed by atoms with Crippen molar-refractivity contribution in [2.75, 3.05) is 19.7 Å². The summed E-state index contributed by atoms with van der Waals surface area (Å²) in [4.78, 5) is 14.7. The first kappa shape index (κ1) is 18.2. The molecule has 3 aromatic rings. The maximum absolute atomic E-state index is 13.7. The zero-order valence-electron chi connectivity index (χ0n) is 15.5. The van der Waals surface area contributed by atoms with E-state index in [9.17, 15) is 9.18 Å². The minimum atomic E-state index is -0.358. The van der Waals surface area contributed by atoms with Crippen LogP contribution in [0.1, 0.15) is 23.2 Å². The summed E-state index contributed by atoms with van der Waals surface area (Å²) in [5.74, 6) is 0.122. The van der Waals surface area contributed by atoms with Crippen LogP contribution in [0, 0.1) is 11.7 Å². The van der Waals surface area contributed by atoms with Gasteiger partial charge in [0.05, 0.1) is 12.3 Å². The number of hydrogen-bond acceptors (Lipinski definition) is 3. The third kappa shape index (κ3) is 4.06. The topological polar surface area (TPSA) is 58.2 Å². The number of amides is 1. The van der Waals surface area contributed by atoms with Crippen molar-refractivity contribution in [2.45, 2.75) is 12.8 Å². The smallest absolute Gasteiger partial charge is 0.253 e. The summed E-state index contributed by atoms with van der Waals surface area (Å²) in [7, 11) is 0. The molecule has 144 valence electrons. The Balaban J connectivity index is 1.37. The molecule has 0 spiro atoms. The van der Waals surface area contributed by atoms with E-state index in [4.69, 9.17) is 4.74 Å². The third-order valence-corrected chi connectivity index (χ3v) is 5.06. The molecule has 0 aliphatic carbocycles. The first-order valence-electron chi connectivity index (χ1n) is 9.47. The van der Waals surface area contributed by atoms with Crippen LogP contribution in [0.2, 0.25) is 0 Å². The Morgan fingerprint density at radius 1 is 1.18 bits per heavy atom. The normalized spacial score (nSPS) is 16.8. The minimum Gasteiger partial charge on any atom is -0.490 e. The van der Waals surface area contributed by atoms with Crippen molar-refractivity contribution >= 4 is 5.91 Å². The lowest BCUT2D eigenvalue weighted by Crippen LogP contribution is -2.41. The van der Waals surface area contributed by atoms with Gasteiger partial charge < -0.3 is 9.64 Å². The van der Waals surface area contributed by atoms with Crippen LogP contribution in [-0.4, -0.2) is 40.7 Å². The summed E-state index contributed by atoms with van der Waals surface area (Å²) in [5, 5.41) is 6.86. The second-order valence-electron chi connectivity index (χ2n) is 7.05. The number of para-hydroxylation sites is 1.